The van der Waals surface area contributed by atoms with Crippen molar-refractivity contribution in [2.24, 2.45) is 0 Å². The number of hydrogen-bond acceptors (Lipinski definition) is 3. The molecule has 3 heteroatoms. The molecule has 1 heterocycles. The molecule has 0 aliphatic carbocycles. The van der Waals surface area contributed by atoms with Gasteiger partial charge in [-0.2, -0.15) is 0 Å². The van der Waals surface area contributed by atoms with Crippen molar-refractivity contribution >= 4 is 22.7 Å². The van der Waals surface area contributed by atoms with Gasteiger partial charge in [0.2, 0.25) is 0 Å². The molecule has 0 amide bonds. The van der Waals surface area contributed by atoms with E-state index in [-0.39, 0.29) is 0 Å². The van der Waals surface area contributed by atoms with Crippen LogP contribution in [0.2, 0.25) is 0 Å². The lowest BCUT2D eigenvalue weighted by Crippen LogP contribution is -2.17. The molecule has 2 aromatic rings. The van der Waals surface area contributed by atoms with E-state index in [1.54, 1.807) is 0 Å². The molecule has 3 rings (SSSR count). The normalized spacial score (nSPS) is 14.6. The van der Waals surface area contributed by atoms with Crippen molar-refractivity contribution in [3.05, 3.63) is 48.0 Å². The molecule has 0 spiro atoms. The highest BCUT2D eigenvalue weighted by Crippen LogP contribution is 2.26. The highest BCUT2D eigenvalue weighted by molar-refractivity contribution is 5.68. The minimum absolute atomic E-state index is 0.784. The minimum Gasteiger partial charge on any atom is -0.399 e. The van der Waals surface area contributed by atoms with Gasteiger partial charge in [-0.1, -0.05) is 6.07 Å². The third kappa shape index (κ3) is 2.72. The molecule has 0 aromatic heterocycles. The molecule has 1 aliphatic rings. The Hall–Kier alpha value is -2.16. The first-order chi connectivity index (χ1) is 9.72. The molecule has 1 fully saturated rings. The maximum Gasteiger partial charge on any atom is 0.0434 e. The van der Waals surface area contributed by atoms with Crippen LogP contribution in [0.3, 0.4) is 0 Å². The van der Waals surface area contributed by atoms with E-state index in [0.29, 0.717) is 0 Å². The van der Waals surface area contributed by atoms with Crippen LogP contribution >= 0.6 is 0 Å². The Labute approximate surface area is 120 Å². The first-order valence-corrected chi connectivity index (χ1v) is 7.20. The Bertz CT molecular complexity index is 584. The Morgan fingerprint density at radius 3 is 2.40 bits per heavy atom. The van der Waals surface area contributed by atoms with Gasteiger partial charge in [0.05, 0.1) is 0 Å². The molecule has 0 unspecified atom stereocenters. The lowest BCUT2D eigenvalue weighted by Gasteiger charge is -2.18. The second kappa shape index (κ2) is 5.45. The van der Waals surface area contributed by atoms with Gasteiger partial charge in [-0.15, -0.1) is 0 Å². The topological polar surface area (TPSA) is 41.3 Å². The Morgan fingerprint density at radius 1 is 1.00 bits per heavy atom. The maximum atomic E-state index is 5.84. The van der Waals surface area contributed by atoms with Gasteiger partial charge in [-0.25, -0.2) is 0 Å². The monoisotopic (exact) mass is 267 g/mol. The number of nitrogen functional groups attached to an aromatic ring is 1. The van der Waals surface area contributed by atoms with Crippen molar-refractivity contribution < 1.29 is 0 Å². The quantitative estimate of drug-likeness (QED) is 0.828. The zero-order valence-corrected chi connectivity index (χ0v) is 11.9. The fraction of sp³-hybridized carbons (Fsp3) is 0.294. The van der Waals surface area contributed by atoms with E-state index in [4.69, 9.17) is 5.73 Å². The molecule has 0 bridgehead atoms. The van der Waals surface area contributed by atoms with Crippen molar-refractivity contribution in [3.8, 4) is 0 Å². The molecular formula is C17H21N3. The zero-order valence-electron chi connectivity index (χ0n) is 11.9. The number of nitrogens with one attached hydrogen (secondary N) is 1. The second-order valence-electron chi connectivity index (χ2n) is 5.44. The van der Waals surface area contributed by atoms with Gasteiger partial charge in [0.15, 0.2) is 0 Å². The van der Waals surface area contributed by atoms with Crippen LogP contribution in [0.1, 0.15) is 18.4 Å². The summed E-state index contributed by atoms with van der Waals surface area (Å²) in [5, 5.41) is 3.43. The smallest absolute Gasteiger partial charge is 0.0434 e. The Kier molecular flexibility index (Phi) is 3.50. The van der Waals surface area contributed by atoms with Gasteiger partial charge in [0.25, 0.3) is 0 Å². The van der Waals surface area contributed by atoms with E-state index in [1.807, 2.05) is 18.2 Å². The van der Waals surface area contributed by atoms with Crippen LogP contribution in [-0.2, 0) is 0 Å². The molecule has 0 saturated carbocycles. The molecule has 2 aromatic carbocycles. The van der Waals surface area contributed by atoms with Crippen LogP contribution < -0.4 is 16.0 Å². The van der Waals surface area contributed by atoms with Crippen LogP contribution in [0.25, 0.3) is 0 Å². The van der Waals surface area contributed by atoms with Crippen molar-refractivity contribution in [2.75, 3.05) is 29.0 Å². The predicted octanol–water partition coefficient (Wildman–Crippen LogP) is 3.92. The van der Waals surface area contributed by atoms with Crippen molar-refractivity contribution in [1.29, 1.82) is 0 Å². The largest absolute Gasteiger partial charge is 0.399 e. The summed E-state index contributed by atoms with van der Waals surface area (Å²) in [7, 11) is 0. The molecular weight excluding hydrogens is 246 g/mol. The summed E-state index contributed by atoms with van der Waals surface area (Å²) in [5.41, 5.74) is 11.3. The average molecular weight is 267 g/mol. The van der Waals surface area contributed by atoms with E-state index in [1.165, 1.54) is 37.2 Å². The van der Waals surface area contributed by atoms with Gasteiger partial charge in [-0.05, 0) is 61.7 Å². The molecule has 1 saturated heterocycles. The molecule has 104 valence electrons. The third-order valence-corrected chi connectivity index (χ3v) is 3.88. The van der Waals surface area contributed by atoms with E-state index < -0.39 is 0 Å². The zero-order chi connectivity index (χ0) is 13.9. The van der Waals surface area contributed by atoms with Crippen LogP contribution in [0, 0.1) is 6.92 Å². The van der Waals surface area contributed by atoms with E-state index in [2.05, 4.69) is 41.4 Å². The Balaban J connectivity index is 1.76. The summed E-state index contributed by atoms with van der Waals surface area (Å²) in [6.07, 6.45) is 2.62. The third-order valence-electron chi connectivity index (χ3n) is 3.88. The van der Waals surface area contributed by atoms with Crippen LogP contribution in [0.4, 0.5) is 22.7 Å². The first-order valence-electron chi connectivity index (χ1n) is 7.20. The number of rotatable bonds is 3. The highest BCUT2D eigenvalue weighted by atomic mass is 15.1. The number of nitrogens with two attached hydrogens (primary N) is 1. The molecule has 1 aliphatic heterocycles. The number of nitrogens with zero attached hydrogens (tertiary/aromatic N) is 1. The molecule has 3 N–H and O–H groups in total. The van der Waals surface area contributed by atoms with Crippen LogP contribution in [0.5, 0.6) is 0 Å². The number of hydrogen-bond donors (Lipinski definition) is 2. The van der Waals surface area contributed by atoms with Crippen molar-refractivity contribution in [1.82, 2.24) is 0 Å². The highest BCUT2D eigenvalue weighted by Gasteiger charge is 2.11. The maximum absolute atomic E-state index is 5.84. The first kappa shape index (κ1) is 12.9. The number of anilines is 4. The Morgan fingerprint density at radius 2 is 1.70 bits per heavy atom. The van der Waals surface area contributed by atoms with E-state index in [0.717, 1.165) is 17.1 Å². The van der Waals surface area contributed by atoms with Crippen LogP contribution in [-0.4, -0.2) is 13.1 Å². The summed E-state index contributed by atoms with van der Waals surface area (Å²) in [5.74, 6) is 0. The van der Waals surface area contributed by atoms with E-state index in [9.17, 15) is 0 Å². The van der Waals surface area contributed by atoms with Gasteiger partial charge < -0.3 is 16.0 Å². The lowest BCUT2D eigenvalue weighted by molar-refractivity contribution is 0.949. The molecule has 3 nitrogen and oxygen atoms in total. The summed E-state index contributed by atoms with van der Waals surface area (Å²) >= 11 is 0. The van der Waals surface area contributed by atoms with Gasteiger partial charge in [0, 0.05) is 35.8 Å². The van der Waals surface area contributed by atoms with Crippen molar-refractivity contribution in [2.45, 2.75) is 19.8 Å². The molecule has 0 radical (unpaired) electrons. The van der Waals surface area contributed by atoms with Gasteiger partial charge in [-0.3, -0.25) is 0 Å². The number of aryl methyl sites for hydroxylation is 1. The summed E-state index contributed by atoms with van der Waals surface area (Å²) in [4.78, 5) is 2.44. The molecule has 0 atom stereocenters. The molecule has 20 heavy (non-hydrogen) atoms. The summed E-state index contributed by atoms with van der Waals surface area (Å²) < 4.78 is 0. The summed E-state index contributed by atoms with van der Waals surface area (Å²) in [6, 6.07) is 14.6. The number of benzene rings is 2. The van der Waals surface area contributed by atoms with Gasteiger partial charge in [0.1, 0.15) is 0 Å². The fourth-order valence-electron chi connectivity index (χ4n) is 2.66. The van der Waals surface area contributed by atoms with E-state index >= 15 is 0 Å². The summed E-state index contributed by atoms with van der Waals surface area (Å²) in [6.45, 7) is 4.45. The SMILES string of the molecule is Cc1ccc(N)cc1Nc1ccc(N2CCCC2)cc1. The second-order valence-corrected chi connectivity index (χ2v) is 5.44. The standard InChI is InChI=1S/C17H21N3/c1-13-4-5-14(18)12-17(13)19-15-6-8-16(9-7-15)20-10-2-3-11-20/h4-9,12,19H,2-3,10-11,18H2,1H3. The average Bonchev–Trinajstić information content (AvgIpc) is 2.98. The van der Waals surface area contributed by atoms with Crippen molar-refractivity contribution in [3.63, 3.8) is 0 Å². The minimum atomic E-state index is 0.784. The predicted molar refractivity (Wildman–Crippen MR) is 86.8 cm³/mol. The fourth-order valence-corrected chi connectivity index (χ4v) is 2.66. The lowest BCUT2D eigenvalue weighted by atomic mass is 10.1. The van der Waals surface area contributed by atoms with Gasteiger partial charge >= 0.3 is 0 Å². The van der Waals surface area contributed by atoms with Crippen LogP contribution in [0.15, 0.2) is 42.5 Å².